The van der Waals surface area contributed by atoms with Gasteiger partial charge in [0, 0.05) is 25.2 Å². The van der Waals surface area contributed by atoms with E-state index in [9.17, 15) is 4.79 Å². The minimum Gasteiger partial charge on any atom is -0.382 e. The maximum atomic E-state index is 12.3. The molecule has 11 nitrogen and oxygen atoms in total. The summed E-state index contributed by atoms with van der Waals surface area (Å²) in [5.41, 5.74) is 26.4. The van der Waals surface area contributed by atoms with Gasteiger partial charge in [-0.25, -0.2) is 20.5 Å². The van der Waals surface area contributed by atoms with Crippen molar-refractivity contribution in [2.45, 2.75) is 25.4 Å². The number of nitrogens with two attached hydrogens (primary N) is 3. The Bertz CT molecular complexity index is 1050. The van der Waals surface area contributed by atoms with Crippen LogP contribution >= 0.6 is 11.6 Å². The molecule has 1 aliphatic heterocycles. The van der Waals surface area contributed by atoms with Crippen molar-refractivity contribution >= 4 is 40.8 Å². The minimum atomic E-state index is -0.653. The van der Waals surface area contributed by atoms with E-state index in [1.54, 1.807) is 0 Å². The molecule has 0 atom stereocenters. The van der Waals surface area contributed by atoms with Crippen LogP contribution in [0.3, 0.4) is 0 Å². The predicted molar refractivity (Wildman–Crippen MR) is 124 cm³/mol. The number of anilines is 2. The van der Waals surface area contributed by atoms with E-state index >= 15 is 0 Å². The van der Waals surface area contributed by atoms with Crippen LogP contribution in [0.2, 0.25) is 5.15 Å². The number of halogens is 1. The highest BCUT2D eigenvalue weighted by Crippen LogP contribution is 2.19. The summed E-state index contributed by atoms with van der Waals surface area (Å²) in [6, 6.07) is 7.86. The summed E-state index contributed by atoms with van der Waals surface area (Å²) in [6.07, 6.45) is 1.61. The molecule has 12 heteroatoms. The normalized spacial score (nSPS) is 15.3. The second-order valence-corrected chi connectivity index (χ2v) is 7.72. The first-order valence-electron chi connectivity index (χ1n) is 9.88. The number of likely N-dealkylation sites (tertiary alicyclic amines) is 1. The molecule has 0 unspecified atom stereocenters. The monoisotopic (exact) mass is 456 g/mol. The zero-order valence-corrected chi connectivity index (χ0v) is 18.1. The van der Waals surface area contributed by atoms with E-state index in [4.69, 9.17) is 34.3 Å². The summed E-state index contributed by atoms with van der Waals surface area (Å²) >= 11 is 5.81. The van der Waals surface area contributed by atoms with Gasteiger partial charge in [0.05, 0.1) is 11.7 Å². The minimum absolute atomic E-state index is 0.00523. The van der Waals surface area contributed by atoms with Crippen molar-refractivity contribution in [3.05, 3.63) is 52.8 Å². The molecule has 1 amide bonds. The number of amides is 1. The first-order valence-corrected chi connectivity index (χ1v) is 10.3. The number of rotatable bonds is 6. The lowest BCUT2D eigenvalue weighted by Crippen LogP contribution is -2.40. The average molecular weight is 457 g/mol. The fourth-order valence-corrected chi connectivity index (χ4v) is 3.47. The standard InChI is InChI=1S/C20H25ClN10O/c1-11(30-25)13-4-2-12(3-5-13)10-31-8-6-14(7-9-31)26-20(24)29-19(32)15-17(22)28-18(23)16(21)27-15/h2-5,14,25H,1,6-10H2,(H4,22,23,28)(H3,24,26,29,32). The second kappa shape index (κ2) is 10.2. The molecule has 1 fully saturated rings. The molecule has 0 bridgehead atoms. The van der Waals surface area contributed by atoms with Crippen molar-refractivity contribution in [2.24, 2.45) is 15.8 Å². The number of hydrogen-bond donors (Lipinski definition) is 5. The number of nitrogens with one attached hydrogen (secondary N) is 2. The molecule has 0 spiro atoms. The second-order valence-electron chi connectivity index (χ2n) is 7.36. The van der Waals surface area contributed by atoms with Gasteiger partial charge in [0.25, 0.3) is 5.91 Å². The fourth-order valence-electron chi connectivity index (χ4n) is 3.34. The molecule has 0 aliphatic carbocycles. The van der Waals surface area contributed by atoms with Crippen LogP contribution in [0, 0.1) is 5.53 Å². The molecule has 1 saturated heterocycles. The topological polar surface area (TPSA) is 185 Å². The van der Waals surface area contributed by atoms with Crippen LogP contribution in [-0.4, -0.2) is 45.9 Å². The lowest BCUT2D eigenvalue weighted by molar-refractivity contribution is 0.0972. The number of carbonyl (C=O) groups is 1. The molecule has 1 aliphatic rings. The number of hydrogen-bond acceptors (Lipinski definition) is 9. The van der Waals surface area contributed by atoms with Crippen molar-refractivity contribution in [3.63, 3.8) is 0 Å². The maximum absolute atomic E-state index is 12.3. The smallest absolute Gasteiger partial charge is 0.280 e. The van der Waals surface area contributed by atoms with Crippen LogP contribution in [0.15, 0.2) is 41.0 Å². The highest BCUT2D eigenvalue weighted by molar-refractivity contribution is 6.31. The third-order valence-electron chi connectivity index (χ3n) is 5.07. The Morgan fingerprint density at radius 2 is 1.88 bits per heavy atom. The van der Waals surface area contributed by atoms with Gasteiger partial charge in [-0.1, -0.05) is 42.4 Å². The Kier molecular flexibility index (Phi) is 7.33. The Balaban J connectivity index is 1.51. The summed E-state index contributed by atoms with van der Waals surface area (Å²) in [6.45, 7) is 6.23. The average Bonchev–Trinajstić information content (AvgIpc) is 2.77. The lowest BCUT2D eigenvalue weighted by atomic mass is 10.0. The molecular formula is C20H25ClN10O. The molecule has 2 aromatic rings. The van der Waals surface area contributed by atoms with Gasteiger partial charge in [0.15, 0.2) is 28.4 Å². The van der Waals surface area contributed by atoms with Crippen molar-refractivity contribution < 1.29 is 4.79 Å². The number of nitrogens with zero attached hydrogens (tertiary/aromatic N) is 5. The van der Waals surface area contributed by atoms with Crippen molar-refractivity contribution in [1.82, 2.24) is 20.2 Å². The number of benzene rings is 1. The van der Waals surface area contributed by atoms with E-state index < -0.39 is 5.91 Å². The summed E-state index contributed by atoms with van der Waals surface area (Å²) in [7, 11) is 0. The van der Waals surface area contributed by atoms with Gasteiger partial charge in [0.1, 0.15) is 0 Å². The van der Waals surface area contributed by atoms with Gasteiger partial charge in [-0.3, -0.25) is 15.0 Å². The number of guanidine groups is 1. The van der Waals surface area contributed by atoms with E-state index in [-0.39, 0.29) is 34.5 Å². The zero-order chi connectivity index (χ0) is 23.3. The van der Waals surface area contributed by atoms with Crippen LogP contribution in [0.4, 0.5) is 11.6 Å². The van der Waals surface area contributed by atoms with Crippen LogP contribution in [0.1, 0.15) is 34.5 Å². The SMILES string of the molecule is C=C(N=N)c1ccc(CN2CCC(N=C(N)NC(=O)c3nc(Cl)c(N)nc3N)CC2)cc1. The number of nitrogen functional groups attached to an aromatic ring is 2. The maximum Gasteiger partial charge on any atom is 0.280 e. The van der Waals surface area contributed by atoms with E-state index in [1.807, 2.05) is 24.3 Å². The van der Waals surface area contributed by atoms with Crippen molar-refractivity contribution in [2.75, 3.05) is 24.6 Å². The summed E-state index contributed by atoms with van der Waals surface area (Å²) in [5.74, 6) is -0.867. The molecule has 2 heterocycles. The number of aromatic nitrogens is 2. The van der Waals surface area contributed by atoms with Gasteiger partial charge in [0.2, 0.25) is 0 Å². The summed E-state index contributed by atoms with van der Waals surface area (Å²) < 4.78 is 0. The largest absolute Gasteiger partial charge is 0.382 e. The molecule has 1 aromatic carbocycles. The van der Waals surface area contributed by atoms with E-state index in [1.165, 1.54) is 5.56 Å². The highest BCUT2D eigenvalue weighted by atomic mass is 35.5. The van der Waals surface area contributed by atoms with Gasteiger partial charge < -0.3 is 17.2 Å². The molecule has 0 radical (unpaired) electrons. The Hall–Kier alpha value is -3.57. The summed E-state index contributed by atoms with van der Waals surface area (Å²) in [5, 5.41) is 5.71. The van der Waals surface area contributed by atoms with Crippen molar-refractivity contribution in [1.29, 1.82) is 5.53 Å². The number of carbonyl (C=O) groups excluding carboxylic acids is 1. The van der Waals surface area contributed by atoms with Gasteiger partial charge in [-0.05, 0) is 18.4 Å². The first kappa shape index (κ1) is 23.1. The van der Waals surface area contributed by atoms with Crippen LogP contribution in [0.5, 0.6) is 0 Å². The lowest BCUT2D eigenvalue weighted by Gasteiger charge is -2.30. The molecule has 32 heavy (non-hydrogen) atoms. The Morgan fingerprint density at radius 3 is 2.50 bits per heavy atom. The van der Waals surface area contributed by atoms with Crippen LogP contribution in [0.25, 0.3) is 5.70 Å². The molecule has 8 N–H and O–H groups in total. The molecule has 0 saturated carbocycles. The number of piperidine rings is 1. The Labute approximate surface area is 190 Å². The molecule has 168 valence electrons. The highest BCUT2D eigenvalue weighted by Gasteiger charge is 2.21. The van der Waals surface area contributed by atoms with Gasteiger partial charge in [-0.2, -0.15) is 5.11 Å². The molecular weight excluding hydrogens is 432 g/mol. The first-order chi connectivity index (χ1) is 15.3. The zero-order valence-electron chi connectivity index (χ0n) is 17.4. The third-order valence-corrected chi connectivity index (χ3v) is 5.35. The number of aliphatic imine (C=N–C) groups is 1. The third kappa shape index (κ3) is 5.77. The predicted octanol–water partition coefficient (Wildman–Crippen LogP) is 2.01. The molecule has 3 rings (SSSR count). The van der Waals surface area contributed by atoms with Crippen LogP contribution < -0.4 is 22.5 Å². The van der Waals surface area contributed by atoms with Gasteiger partial charge >= 0.3 is 0 Å². The van der Waals surface area contributed by atoms with Crippen LogP contribution in [-0.2, 0) is 6.54 Å². The van der Waals surface area contributed by atoms with E-state index in [0.29, 0.717) is 5.70 Å². The summed E-state index contributed by atoms with van der Waals surface area (Å²) in [4.78, 5) is 26.7. The van der Waals surface area contributed by atoms with E-state index in [0.717, 1.165) is 38.0 Å². The fraction of sp³-hybridized carbons (Fsp3) is 0.300. The van der Waals surface area contributed by atoms with Gasteiger partial charge in [-0.15, -0.1) is 0 Å². The quantitative estimate of drug-likeness (QED) is 0.250. The van der Waals surface area contributed by atoms with Crippen molar-refractivity contribution in [3.8, 4) is 0 Å². The molecule has 1 aromatic heterocycles. The Morgan fingerprint density at radius 1 is 1.22 bits per heavy atom. The van der Waals surface area contributed by atoms with E-state index in [2.05, 4.69) is 36.9 Å².